The Balaban J connectivity index is 1.93. The molecule has 3 aromatic heterocycles. The van der Waals surface area contributed by atoms with Crippen molar-refractivity contribution in [3.63, 3.8) is 0 Å². The van der Waals surface area contributed by atoms with E-state index in [4.69, 9.17) is 4.42 Å². The molecule has 142 valence electrons. The van der Waals surface area contributed by atoms with Gasteiger partial charge in [0.1, 0.15) is 10.4 Å². The summed E-state index contributed by atoms with van der Waals surface area (Å²) in [4.78, 5) is 34.2. The van der Waals surface area contributed by atoms with E-state index in [-0.39, 0.29) is 0 Å². The van der Waals surface area contributed by atoms with Crippen molar-refractivity contribution in [3.8, 4) is 11.6 Å². The minimum atomic E-state index is -0.434. The summed E-state index contributed by atoms with van der Waals surface area (Å²) in [6.07, 6.45) is 1.53. The predicted molar refractivity (Wildman–Crippen MR) is 108 cm³/mol. The van der Waals surface area contributed by atoms with Crippen LogP contribution in [0.25, 0.3) is 22.6 Å². The number of nitrogens with zero attached hydrogens (tertiary/aromatic N) is 4. The van der Waals surface area contributed by atoms with Crippen LogP contribution in [-0.4, -0.2) is 19.1 Å². The second kappa shape index (κ2) is 7.12. The molecule has 28 heavy (non-hydrogen) atoms. The molecule has 0 aliphatic heterocycles. The maximum absolute atomic E-state index is 12.8. The normalized spacial score (nSPS) is 11.2. The van der Waals surface area contributed by atoms with Crippen LogP contribution < -0.4 is 11.2 Å². The number of hydrogen-bond acceptors (Lipinski definition) is 6. The van der Waals surface area contributed by atoms with Crippen molar-refractivity contribution >= 4 is 22.8 Å². The fourth-order valence-corrected chi connectivity index (χ4v) is 4.06. The molecule has 7 nitrogen and oxygen atoms in total. The van der Waals surface area contributed by atoms with Crippen LogP contribution in [0.5, 0.6) is 0 Å². The molecule has 0 amide bonds. The van der Waals surface area contributed by atoms with Gasteiger partial charge in [0, 0.05) is 19.8 Å². The first-order valence-electron chi connectivity index (χ1n) is 8.66. The second-order valence-electron chi connectivity index (χ2n) is 6.45. The van der Waals surface area contributed by atoms with E-state index >= 15 is 0 Å². The lowest BCUT2D eigenvalue weighted by Gasteiger charge is -2.11. The van der Waals surface area contributed by atoms with E-state index in [2.05, 4.69) is 9.97 Å². The number of rotatable bonds is 4. The Hall–Kier alpha value is -3.13. The molecule has 0 unspecified atom stereocenters. The lowest BCUT2D eigenvalue weighted by atomic mass is 10.1. The summed E-state index contributed by atoms with van der Waals surface area (Å²) in [7, 11) is 3.05. The van der Waals surface area contributed by atoms with Gasteiger partial charge in [-0.05, 0) is 30.2 Å². The van der Waals surface area contributed by atoms with Gasteiger partial charge in [0.2, 0.25) is 0 Å². The van der Waals surface area contributed by atoms with Crippen molar-refractivity contribution in [2.24, 2.45) is 14.1 Å². The Morgan fingerprint density at radius 2 is 1.82 bits per heavy atom. The highest BCUT2D eigenvalue weighted by Crippen LogP contribution is 2.29. The summed E-state index contributed by atoms with van der Waals surface area (Å²) < 4.78 is 7.87. The molecule has 0 radical (unpaired) electrons. The van der Waals surface area contributed by atoms with Gasteiger partial charge in [0.25, 0.3) is 5.56 Å². The third-order valence-electron chi connectivity index (χ3n) is 4.63. The molecular formula is C20H18N4O3S. The molecule has 0 fully saturated rings. The average molecular weight is 394 g/mol. The van der Waals surface area contributed by atoms with Crippen LogP contribution in [0.3, 0.4) is 0 Å². The maximum Gasteiger partial charge on any atom is 0.332 e. The van der Waals surface area contributed by atoms with Gasteiger partial charge in [0.05, 0.1) is 6.26 Å². The summed E-state index contributed by atoms with van der Waals surface area (Å²) in [5.41, 5.74) is 1.77. The van der Waals surface area contributed by atoms with Crippen LogP contribution >= 0.6 is 11.8 Å². The Bertz CT molecular complexity index is 1290. The summed E-state index contributed by atoms with van der Waals surface area (Å²) in [5.74, 6) is 1.46. The van der Waals surface area contributed by atoms with Crippen LogP contribution in [-0.2, 0) is 19.8 Å². The molecule has 0 aliphatic carbocycles. The molecule has 1 aromatic carbocycles. The quantitative estimate of drug-likeness (QED) is 0.391. The molecule has 0 saturated carbocycles. The number of fused-ring (bicyclic) bond motifs is 1. The SMILES string of the molecule is Cc1ccccc1CSc1nc(-c2ccco2)nc2c1c(=O)n(C)c(=O)n2C. The van der Waals surface area contributed by atoms with Gasteiger partial charge in [-0.2, -0.15) is 0 Å². The van der Waals surface area contributed by atoms with E-state index in [1.165, 1.54) is 35.2 Å². The first-order chi connectivity index (χ1) is 13.5. The number of benzene rings is 1. The van der Waals surface area contributed by atoms with Crippen LogP contribution in [0.2, 0.25) is 0 Å². The smallest absolute Gasteiger partial charge is 0.332 e. The van der Waals surface area contributed by atoms with Gasteiger partial charge < -0.3 is 4.42 Å². The minimum absolute atomic E-state index is 0.293. The van der Waals surface area contributed by atoms with Crippen LogP contribution in [0.1, 0.15) is 11.1 Å². The first kappa shape index (κ1) is 18.2. The fourth-order valence-electron chi connectivity index (χ4n) is 2.97. The molecule has 8 heteroatoms. The Morgan fingerprint density at radius 3 is 2.54 bits per heavy atom. The van der Waals surface area contributed by atoms with Crippen molar-refractivity contribution in [1.29, 1.82) is 0 Å². The summed E-state index contributed by atoms with van der Waals surface area (Å²) in [5, 5.41) is 0.856. The Morgan fingerprint density at radius 1 is 1.04 bits per heavy atom. The molecule has 0 aliphatic rings. The van der Waals surface area contributed by atoms with Crippen molar-refractivity contribution in [3.05, 3.63) is 74.6 Å². The van der Waals surface area contributed by atoms with Crippen LogP contribution in [0.15, 0.2) is 61.7 Å². The van der Waals surface area contributed by atoms with E-state index in [0.717, 1.165) is 10.1 Å². The van der Waals surface area contributed by atoms with Gasteiger partial charge >= 0.3 is 5.69 Å². The van der Waals surface area contributed by atoms with E-state index in [0.29, 0.717) is 33.4 Å². The molecule has 4 rings (SSSR count). The number of thioether (sulfide) groups is 1. The zero-order valence-corrected chi connectivity index (χ0v) is 16.5. The maximum atomic E-state index is 12.8. The Labute approximate surface area is 164 Å². The van der Waals surface area contributed by atoms with Gasteiger partial charge in [0.15, 0.2) is 17.2 Å². The number of furan rings is 1. The summed E-state index contributed by atoms with van der Waals surface area (Å²) in [6, 6.07) is 11.6. The van der Waals surface area contributed by atoms with Crippen molar-refractivity contribution < 1.29 is 4.42 Å². The van der Waals surface area contributed by atoms with Crippen LogP contribution in [0.4, 0.5) is 0 Å². The highest BCUT2D eigenvalue weighted by molar-refractivity contribution is 7.98. The number of aryl methyl sites for hydroxylation is 2. The number of hydrogen-bond donors (Lipinski definition) is 0. The standard InChI is InChI=1S/C20H18N4O3S/c1-12-7-4-5-8-13(12)11-28-18-15-17(23(2)20(26)24(3)19(15)25)21-16(22-18)14-9-6-10-27-14/h4-10H,11H2,1-3H3. The molecule has 4 aromatic rings. The van der Waals surface area contributed by atoms with Crippen molar-refractivity contribution in [2.75, 3.05) is 0 Å². The molecule has 0 saturated heterocycles. The van der Waals surface area contributed by atoms with E-state index in [1.807, 2.05) is 31.2 Å². The van der Waals surface area contributed by atoms with Gasteiger partial charge in [-0.15, -0.1) is 11.8 Å². The third kappa shape index (κ3) is 3.05. The van der Waals surface area contributed by atoms with Crippen LogP contribution in [0, 0.1) is 6.92 Å². The molecular weight excluding hydrogens is 376 g/mol. The molecule has 0 spiro atoms. The predicted octanol–water partition coefficient (Wildman–Crippen LogP) is 2.89. The highest BCUT2D eigenvalue weighted by atomic mass is 32.2. The van der Waals surface area contributed by atoms with Crippen molar-refractivity contribution in [1.82, 2.24) is 19.1 Å². The fraction of sp³-hybridized carbons (Fsp3) is 0.200. The van der Waals surface area contributed by atoms with E-state index in [1.54, 1.807) is 19.2 Å². The molecule has 0 atom stereocenters. The average Bonchev–Trinajstić information content (AvgIpc) is 3.24. The zero-order valence-electron chi connectivity index (χ0n) is 15.7. The number of aromatic nitrogens is 4. The largest absolute Gasteiger partial charge is 0.461 e. The third-order valence-corrected chi connectivity index (χ3v) is 5.66. The monoisotopic (exact) mass is 394 g/mol. The van der Waals surface area contributed by atoms with Gasteiger partial charge in [-0.3, -0.25) is 13.9 Å². The molecule has 3 heterocycles. The summed E-state index contributed by atoms with van der Waals surface area (Å²) >= 11 is 1.44. The van der Waals surface area contributed by atoms with Gasteiger partial charge in [-0.25, -0.2) is 14.8 Å². The molecule has 0 N–H and O–H groups in total. The first-order valence-corrected chi connectivity index (χ1v) is 9.65. The highest BCUT2D eigenvalue weighted by Gasteiger charge is 2.19. The van der Waals surface area contributed by atoms with Crippen molar-refractivity contribution in [2.45, 2.75) is 17.7 Å². The minimum Gasteiger partial charge on any atom is -0.461 e. The lowest BCUT2D eigenvalue weighted by Crippen LogP contribution is -2.37. The Kier molecular flexibility index (Phi) is 4.64. The summed E-state index contributed by atoms with van der Waals surface area (Å²) in [6.45, 7) is 2.05. The van der Waals surface area contributed by atoms with Gasteiger partial charge in [-0.1, -0.05) is 24.3 Å². The molecule has 0 bridgehead atoms. The van der Waals surface area contributed by atoms with E-state index in [9.17, 15) is 9.59 Å². The topological polar surface area (TPSA) is 82.9 Å². The lowest BCUT2D eigenvalue weighted by molar-refractivity contribution is 0.576. The second-order valence-corrected chi connectivity index (χ2v) is 7.41. The van der Waals surface area contributed by atoms with E-state index < -0.39 is 11.2 Å². The zero-order chi connectivity index (χ0) is 19.8.